The van der Waals surface area contributed by atoms with Gasteiger partial charge in [0.2, 0.25) is 10.0 Å². The molecular weight excluding hydrogens is 328 g/mol. The maximum absolute atomic E-state index is 12.2. The quantitative estimate of drug-likeness (QED) is 0.744. The second kappa shape index (κ2) is 7.46. The van der Waals surface area contributed by atoms with Crippen LogP contribution in [0.5, 0.6) is 5.75 Å². The van der Waals surface area contributed by atoms with Gasteiger partial charge in [-0.2, -0.15) is 0 Å². The van der Waals surface area contributed by atoms with Crippen molar-refractivity contribution in [2.24, 2.45) is 0 Å². The number of para-hydroxylation sites is 1. The summed E-state index contributed by atoms with van der Waals surface area (Å²) >= 11 is 0. The van der Waals surface area contributed by atoms with E-state index in [9.17, 15) is 18.3 Å². The predicted octanol–water partition coefficient (Wildman–Crippen LogP) is 2.01. The van der Waals surface area contributed by atoms with Gasteiger partial charge in [0, 0.05) is 12.6 Å². The van der Waals surface area contributed by atoms with Crippen molar-refractivity contribution in [2.75, 3.05) is 0 Å². The average Bonchev–Trinajstić information content (AvgIpc) is 2.52. The Morgan fingerprint density at radius 1 is 1.12 bits per heavy atom. The maximum Gasteiger partial charge on any atom is 0.255 e. The Hall–Kier alpha value is -2.38. The third-order valence-electron chi connectivity index (χ3n) is 3.20. The molecule has 0 fully saturated rings. The van der Waals surface area contributed by atoms with Gasteiger partial charge in [-0.25, -0.2) is 13.1 Å². The highest BCUT2D eigenvalue weighted by molar-refractivity contribution is 7.89. The molecule has 128 valence electrons. The zero-order valence-corrected chi connectivity index (χ0v) is 14.3. The topological polar surface area (TPSA) is 95.5 Å². The minimum Gasteiger partial charge on any atom is -0.507 e. The number of carbonyl (C=O) groups excluding carboxylic acids is 1. The van der Waals surface area contributed by atoms with Crippen molar-refractivity contribution in [3.05, 3.63) is 59.7 Å². The fourth-order valence-electron chi connectivity index (χ4n) is 2.14. The zero-order chi connectivity index (χ0) is 17.7. The summed E-state index contributed by atoms with van der Waals surface area (Å²) in [6, 6.07) is 12.4. The number of phenols is 1. The molecular formula is C17H20N2O4S. The Morgan fingerprint density at radius 2 is 1.83 bits per heavy atom. The fraction of sp³-hybridized carbons (Fsp3) is 0.235. The van der Waals surface area contributed by atoms with E-state index >= 15 is 0 Å². The van der Waals surface area contributed by atoms with E-state index in [0.29, 0.717) is 5.56 Å². The molecule has 0 aromatic heterocycles. The first-order valence-corrected chi connectivity index (χ1v) is 8.95. The van der Waals surface area contributed by atoms with Crippen LogP contribution in [0, 0.1) is 0 Å². The van der Waals surface area contributed by atoms with Gasteiger partial charge in [-0.3, -0.25) is 4.79 Å². The number of phenolic OH excluding ortho intramolecular Hbond substituents is 1. The highest BCUT2D eigenvalue weighted by atomic mass is 32.2. The number of benzene rings is 2. The Kier molecular flexibility index (Phi) is 5.58. The molecule has 0 heterocycles. The smallest absolute Gasteiger partial charge is 0.255 e. The molecule has 0 saturated carbocycles. The van der Waals surface area contributed by atoms with Crippen LogP contribution in [0.3, 0.4) is 0 Å². The molecule has 0 spiro atoms. The Balaban J connectivity index is 2.10. The molecule has 0 radical (unpaired) electrons. The zero-order valence-electron chi connectivity index (χ0n) is 13.5. The lowest BCUT2D eigenvalue weighted by Gasteiger charge is -2.11. The van der Waals surface area contributed by atoms with Crippen LogP contribution in [0.25, 0.3) is 0 Å². The predicted molar refractivity (Wildman–Crippen MR) is 91.2 cm³/mol. The molecule has 0 bridgehead atoms. The van der Waals surface area contributed by atoms with Crippen LogP contribution in [0.2, 0.25) is 0 Å². The molecule has 2 aromatic rings. The van der Waals surface area contributed by atoms with Gasteiger partial charge in [0.1, 0.15) is 5.75 Å². The number of rotatable bonds is 6. The third-order valence-corrected chi connectivity index (χ3v) is 4.86. The first-order chi connectivity index (χ1) is 11.3. The highest BCUT2D eigenvalue weighted by Gasteiger charge is 2.16. The normalized spacial score (nSPS) is 11.5. The summed E-state index contributed by atoms with van der Waals surface area (Å²) in [5.41, 5.74) is 0.813. The van der Waals surface area contributed by atoms with Gasteiger partial charge < -0.3 is 10.4 Å². The van der Waals surface area contributed by atoms with E-state index in [-0.39, 0.29) is 28.8 Å². The van der Waals surface area contributed by atoms with Crippen molar-refractivity contribution in [2.45, 2.75) is 31.3 Å². The number of sulfonamides is 1. The van der Waals surface area contributed by atoms with E-state index in [1.165, 1.54) is 24.3 Å². The van der Waals surface area contributed by atoms with Crippen molar-refractivity contribution in [3.63, 3.8) is 0 Å². The van der Waals surface area contributed by atoms with Crippen molar-refractivity contribution in [3.8, 4) is 5.75 Å². The summed E-state index contributed by atoms with van der Waals surface area (Å²) in [7, 11) is -3.58. The van der Waals surface area contributed by atoms with Gasteiger partial charge in [-0.15, -0.1) is 0 Å². The molecule has 2 aromatic carbocycles. The minimum absolute atomic E-state index is 0.104. The summed E-state index contributed by atoms with van der Waals surface area (Å²) in [5, 5.41) is 12.3. The van der Waals surface area contributed by atoms with Gasteiger partial charge >= 0.3 is 0 Å². The molecule has 6 nitrogen and oxygen atoms in total. The standard InChI is InChI=1S/C17H20N2O4S/c1-12(2)19-24(22,23)14-7-5-6-13(10-14)11-18-17(21)15-8-3-4-9-16(15)20/h3-10,12,19-20H,11H2,1-2H3,(H,18,21). The number of amides is 1. The fourth-order valence-corrected chi connectivity index (χ4v) is 3.47. The van der Waals surface area contributed by atoms with Gasteiger partial charge in [0.25, 0.3) is 5.91 Å². The molecule has 0 saturated heterocycles. The van der Waals surface area contributed by atoms with E-state index < -0.39 is 15.9 Å². The third kappa shape index (κ3) is 4.56. The largest absolute Gasteiger partial charge is 0.507 e. The molecule has 0 aliphatic rings. The van der Waals surface area contributed by atoms with Crippen LogP contribution in [0.1, 0.15) is 29.8 Å². The van der Waals surface area contributed by atoms with Gasteiger partial charge in [-0.05, 0) is 43.7 Å². The number of hydrogen-bond donors (Lipinski definition) is 3. The van der Waals surface area contributed by atoms with Crippen molar-refractivity contribution < 1.29 is 18.3 Å². The summed E-state index contributed by atoms with van der Waals surface area (Å²) in [6.07, 6.45) is 0. The van der Waals surface area contributed by atoms with Crippen LogP contribution in [0.4, 0.5) is 0 Å². The highest BCUT2D eigenvalue weighted by Crippen LogP contribution is 2.16. The Bertz CT molecular complexity index is 832. The molecule has 0 unspecified atom stereocenters. The number of hydrogen-bond acceptors (Lipinski definition) is 4. The molecule has 7 heteroatoms. The van der Waals surface area contributed by atoms with Crippen molar-refractivity contribution in [1.82, 2.24) is 10.0 Å². The van der Waals surface area contributed by atoms with E-state index in [1.807, 2.05) is 0 Å². The van der Waals surface area contributed by atoms with Crippen LogP contribution >= 0.6 is 0 Å². The molecule has 2 rings (SSSR count). The first-order valence-electron chi connectivity index (χ1n) is 7.47. The number of carbonyl (C=O) groups is 1. The maximum atomic E-state index is 12.2. The second-order valence-corrected chi connectivity index (χ2v) is 7.34. The van der Waals surface area contributed by atoms with Crippen LogP contribution in [-0.4, -0.2) is 25.5 Å². The molecule has 24 heavy (non-hydrogen) atoms. The van der Waals surface area contributed by atoms with E-state index in [4.69, 9.17) is 0 Å². The summed E-state index contributed by atoms with van der Waals surface area (Å²) in [6.45, 7) is 3.64. The Morgan fingerprint density at radius 3 is 2.50 bits per heavy atom. The lowest BCUT2D eigenvalue weighted by atomic mass is 10.1. The molecule has 3 N–H and O–H groups in total. The van der Waals surface area contributed by atoms with Crippen molar-refractivity contribution in [1.29, 1.82) is 0 Å². The average molecular weight is 348 g/mol. The van der Waals surface area contributed by atoms with Gasteiger partial charge in [-0.1, -0.05) is 24.3 Å². The van der Waals surface area contributed by atoms with Crippen LogP contribution in [-0.2, 0) is 16.6 Å². The molecule has 0 atom stereocenters. The number of nitrogens with one attached hydrogen (secondary N) is 2. The molecule has 0 aliphatic carbocycles. The first kappa shape index (κ1) is 18.0. The number of aromatic hydroxyl groups is 1. The van der Waals surface area contributed by atoms with Crippen LogP contribution < -0.4 is 10.0 Å². The summed E-state index contributed by atoms with van der Waals surface area (Å²) in [5.74, 6) is -0.533. The van der Waals surface area contributed by atoms with Crippen LogP contribution in [0.15, 0.2) is 53.4 Å². The van der Waals surface area contributed by atoms with E-state index in [0.717, 1.165) is 0 Å². The SMILES string of the molecule is CC(C)NS(=O)(=O)c1cccc(CNC(=O)c2ccccc2O)c1. The van der Waals surface area contributed by atoms with Gasteiger partial charge in [0.05, 0.1) is 10.5 Å². The monoisotopic (exact) mass is 348 g/mol. The lowest BCUT2D eigenvalue weighted by molar-refractivity contribution is 0.0948. The molecule has 0 aliphatic heterocycles. The van der Waals surface area contributed by atoms with E-state index in [2.05, 4.69) is 10.0 Å². The summed E-state index contributed by atoms with van der Waals surface area (Å²) in [4.78, 5) is 12.2. The van der Waals surface area contributed by atoms with Crippen molar-refractivity contribution >= 4 is 15.9 Å². The summed E-state index contributed by atoms with van der Waals surface area (Å²) < 4.78 is 26.8. The van der Waals surface area contributed by atoms with Gasteiger partial charge in [0.15, 0.2) is 0 Å². The van der Waals surface area contributed by atoms with E-state index in [1.54, 1.807) is 38.1 Å². The second-order valence-electron chi connectivity index (χ2n) is 5.62. The Labute approximate surface area is 141 Å². The molecule has 1 amide bonds. The minimum atomic E-state index is -3.58. The lowest BCUT2D eigenvalue weighted by Crippen LogP contribution is -2.30.